The van der Waals surface area contributed by atoms with Crippen molar-refractivity contribution in [2.45, 2.75) is 6.10 Å². The molecule has 1 unspecified atom stereocenters. The lowest BCUT2D eigenvalue weighted by Gasteiger charge is -2.25. The summed E-state index contributed by atoms with van der Waals surface area (Å²) in [5.74, 6) is -0.239. The van der Waals surface area contributed by atoms with Gasteiger partial charge in [-0.25, -0.2) is 4.39 Å². The summed E-state index contributed by atoms with van der Waals surface area (Å²) in [6.07, 6.45) is -0.897. The van der Waals surface area contributed by atoms with Gasteiger partial charge in [-0.2, -0.15) is 0 Å². The highest BCUT2D eigenvalue weighted by Gasteiger charge is 2.30. The smallest absolute Gasteiger partial charge is 0.209 e. The zero-order chi connectivity index (χ0) is 15.0. The molecule has 6 heteroatoms. The Morgan fingerprint density at radius 2 is 1.95 bits per heavy atom. The van der Waals surface area contributed by atoms with E-state index in [1.807, 2.05) is 0 Å². The minimum atomic E-state index is -0.897. The SMILES string of the molecule is O=C(c1ccc(Br)c(Cl)c1F)C1COc2ccccc2O1. The van der Waals surface area contributed by atoms with Gasteiger partial charge in [0.1, 0.15) is 6.61 Å². The zero-order valence-corrected chi connectivity index (χ0v) is 12.9. The van der Waals surface area contributed by atoms with Gasteiger partial charge < -0.3 is 9.47 Å². The molecule has 21 heavy (non-hydrogen) atoms. The van der Waals surface area contributed by atoms with E-state index in [-0.39, 0.29) is 17.2 Å². The average molecular weight is 372 g/mol. The molecule has 2 aromatic carbocycles. The number of fused-ring (bicyclic) bond motifs is 1. The Kier molecular flexibility index (Phi) is 3.87. The molecule has 0 aromatic heterocycles. The van der Waals surface area contributed by atoms with Gasteiger partial charge in [0.15, 0.2) is 23.4 Å². The third-order valence-electron chi connectivity index (χ3n) is 3.10. The molecular weight excluding hydrogens is 363 g/mol. The summed E-state index contributed by atoms with van der Waals surface area (Å²) in [5, 5.41) is -0.127. The van der Waals surface area contributed by atoms with Crippen molar-refractivity contribution in [3.63, 3.8) is 0 Å². The van der Waals surface area contributed by atoms with E-state index in [1.54, 1.807) is 24.3 Å². The highest BCUT2D eigenvalue weighted by atomic mass is 79.9. The van der Waals surface area contributed by atoms with E-state index in [1.165, 1.54) is 12.1 Å². The van der Waals surface area contributed by atoms with Crippen molar-refractivity contribution in [2.24, 2.45) is 0 Å². The van der Waals surface area contributed by atoms with Gasteiger partial charge in [0.05, 0.1) is 10.6 Å². The predicted octanol–water partition coefficient (Wildman–Crippen LogP) is 4.26. The largest absolute Gasteiger partial charge is 0.485 e. The Bertz CT molecular complexity index is 720. The molecular formula is C15H9BrClFO3. The van der Waals surface area contributed by atoms with Gasteiger partial charge in [0.25, 0.3) is 0 Å². The maximum Gasteiger partial charge on any atom is 0.209 e. The van der Waals surface area contributed by atoms with E-state index in [0.29, 0.717) is 16.0 Å². The zero-order valence-electron chi connectivity index (χ0n) is 10.6. The van der Waals surface area contributed by atoms with E-state index in [0.717, 1.165) is 0 Å². The molecule has 1 aliphatic rings. The molecule has 0 fully saturated rings. The number of carbonyl (C=O) groups excluding carboxylic acids is 1. The minimum absolute atomic E-state index is 0.0307. The first-order chi connectivity index (χ1) is 10.1. The molecule has 2 aromatic rings. The van der Waals surface area contributed by atoms with Crippen LogP contribution in [0.15, 0.2) is 40.9 Å². The molecule has 1 heterocycles. The number of benzene rings is 2. The van der Waals surface area contributed by atoms with Crippen molar-refractivity contribution in [3.05, 3.63) is 57.3 Å². The van der Waals surface area contributed by atoms with Crippen molar-refractivity contribution in [1.29, 1.82) is 0 Å². The molecule has 0 bridgehead atoms. The van der Waals surface area contributed by atoms with Gasteiger partial charge in [-0.1, -0.05) is 23.7 Å². The molecule has 3 rings (SSSR count). The van der Waals surface area contributed by atoms with Crippen LogP contribution < -0.4 is 9.47 Å². The first kappa shape index (κ1) is 14.4. The summed E-state index contributed by atoms with van der Waals surface area (Å²) in [5.41, 5.74) is -0.115. The van der Waals surface area contributed by atoms with Gasteiger partial charge in [-0.3, -0.25) is 4.79 Å². The number of para-hydroxylation sites is 2. The summed E-state index contributed by atoms with van der Waals surface area (Å²) < 4.78 is 25.5. The van der Waals surface area contributed by atoms with E-state index < -0.39 is 17.7 Å². The van der Waals surface area contributed by atoms with Crippen LogP contribution in [0.3, 0.4) is 0 Å². The van der Waals surface area contributed by atoms with Crippen molar-refractivity contribution >= 4 is 33.3 Å². The van der Waals surface area contributed by atoms with Crippen molar-refractivity contribution in [2.75, 3.05) is 6.61 Å². The van der Waals surface area contributed by atoms with Crippen LogP contribution in [0.25, 0.3) is 0 Å². The lowest BCUT2D eigenvalue weighted by molar-refractivity contribution is 0.0582. The van der Waals surface area contributed by atoms with Crippen LogP contribution in [-0.4, -0.2) is 18.5 Å². The van der Waals surface area contributed by atoms with Gasteiger partial charge in [-0.05, 0) is 40.2 Å². The molecule has 0 N–H and O–H groups in total. The van der Waals surface area contributed by atoms with Crippen LogP contribution >= 0.6 is 27.5 Å². The van der Waals surface area contributed by atoms with Crippen LogP contribution in [0, 0.1) is 5.82 Å². The molecule has 0 aliphatic carbocycles. The molecule has 0 saturated heterocycles. The Hall–Kier alpha value is -1.59. The van der Waals surface area contributed by atoms with Crippen molar-refractivity contribution < 1.29 is 18.7 Å². The monoisotopic (exact) mass is 370 g/mol. The predicted molar refractivity (Wildman–Crippen MR) is 79.8 cm³/mol. The Balaban J connectivity index is 1.89. The highest BCUT2D eigenvalue weighted by molar-refractivity contribution is 9.10. The van der Waals surface area contributed by atoms with Gasteiger partial charge in [-0.15, -0.1) is 0 Å². The standard InChI is InChI=1S/C15H9BrClFO3/c16-9-6-5-8(14(18)13(9)17)15(19)12-7-20-10-3-1-2-4-11(10)21-12/h1-6,12H,7H2. The van der Waals surface area contributed by atoms with Crippen LogP contribution in [0.1, 0.15) is 10.4 Å². The van der Waals surface area contributed by atoms with Gasteiger partial charge >= 0.3 is 0 Å². The lowest BCUT2D eigenvalue weighted by atomic mass is 10.1. The maximum atomic E-state index is 14.1. The van der Waals surface area contributed by atoms with E-state index in [9.17, 15) is 9.18 Å². The second-order valence-corrected chi connectivity index (χ2v) is 5.68. The fourth-order valence-electron chi connectivity index (χ4n) is 2.04. The topological polar surface area (TPSA) is 35.5 Å². The summed E-state index contributed by atoms with van der Waals surface area (Å²) in [6, 6.07) is 9.91. The lowest BCUT2D eigenvalue weighted by Crippen LogP contribution is -2.37. The third kappa shape index (κ3) is 2.63. The van der Waals surface area contributed by atoms with E-state index >= 15 is 0 Å². The molecule has 0 saturated carbocycles. The number of carbonyl (C=O) groups is 1. The molecule has 0 spiro atoms. The van der Waals surface area contributed by atoms with Crippen LogP contribution in [0.5, 0.6) is 11.5 Å². The number of ketones is 1. The van der Waals surface area contributed by atoms with Crippen LogP contribution in [-0.2, 0) is 0 Å². The quantitative estimate of drug-likeness (QED) is 0.584. The Morgan fingerprint density at radius 1 is 1.24 bits per heavy atom. The number of hydrogen-bond donors (Lipinski definition) is 0. The summed E-state index contributed by atoms with van der Waals surface area (Å²) in [7, 11) is 0. The molecule has 0 amide bonds. The fourth-order valence-corrected chi connectivity index (χ4v) is 2.51. The summed E-state index contributed by atoms with van der Waals surface area (Å²) in [6.45, 7) is 0.0307. The maximum absolute atomic E-state index is 14.1. The number of Topliss-reactive ketones (excluding diaryl/α,β-unsaturated/α-hetero) is 1. The number of ether oxygens (including phenoxy) is 2. The second-order valence-electron chi connectivity index (χ2n) is 4.45. The Morgan fingerprint density at radius 3 is 2.71 bits per heavy atom. The van der Waals surface area contributed by atoms with Crippen LogP contribution in [0.2, 0.25) is 5.02 Å². The molecule has 1 aliphatic heterocycles. The van der Waals surface area contributed by atoms with Crippen molar-refractivity contribution in [1.82, 2.24) is 0 Å². The molecule has 3 nitrogen and oxygen atoms in total. The number of hydrogen-bond acceptors (Lipinski definition) is 3. The fraction of sp³-hybridized carbons (Fsp3) is 0.133. The first-order valence-corrected chi connectivity index (χ1v) is 7.31. The normalized spacial score (nSPS) is 16.6. The number of halogens is 3. The second kappa shape index (κ2) is 5.66. The van der Waals surface area contributed by atoms with Gasteiger partial charge in [0.2, 0.25) is 5.78 Å². The number of rotatable bonds is 2. The van der Waals surface area contributed by atoms with E-state index in [4.69, 9.17) is 21.1 Å². The first-order valence-electron chi connectivity index (χ1n) is 6.14. The minimum Gasteiger partial charge on any atom is -0.485 e. The Labute approximate surface area is 133 Å². The third-order valence-corrected chi connectivity index (χ3v) is 4.36. The van der Waals surface area contributed by atoms with Crippen molar-refractivity contribution in [3.8, 4) is 11.5 Å². The summed E-state index contributed by atoms with van der Waals surface area (Å²) in [4.78, 5) is 12.4. The van der Waals surface area contributed by atoms with Crippen LogP contribution in [0.4, 0.5) is 4.39 Å². The summed E-state index contributed by atoms with van der Waals surface area (Å²) >= 11 is 8.91. The van der Waals surface area contributed by atoms with E-state index in [2.05, 4.69) is 15.9 Å². The highest BCUT2D eigenvalue weighted by Crippen LogP contribution is 2.33. The molecule has 1 atom stereocenters. The average Bonchev–Trinajstić information content (AvgIpc) is 2.52. The molecule has 108 valence electrons. The molecule has 0 radical (unpaired) electrons. The van der Waals surface area contributed by atoms with Gasteiger partial charge in [0, 0.05) is 4.47 Å².